The summed E-state index contributed by atoms with van der Waals surface area (Å²) in [6.45, 7) is 1.76. The van der Waals surface area contributed by atoms with Crippen molar-refractivity contribution in [3.8, 4) is 0 Å². The van der Waals surface area contributed by atoms with E-state index in [4.69, 9.17) is 0 Å². The van der Waals surface area contributed by atoms with Crippen LogP contribution in [0.3, 0.4) is 0 Å². The van der Waals surface area contributed by atoms with Gasteiger partial charge in [0.05, 0.1) is 11.0 Å². The minimum atomic E-state index is -0.634. The van der Waals surface area contributed by atoms with Crippen LogP contribution < -0.4 is 5.32 Å². The van der Waals surface area contributed by atoms with E-state index in [1.807, 2.05) is 0 Å². The average molecular weight is 300 g/mol. The van der Waals surface area contributed by atoms with E-state index in [2.05, 4.69) is 5.32 Å². The van der Waals surface area contributed by atoms with Crippen LogP contribution in [-0.4, -0.2) is 28.5 Å². The lowest BCUT2D eigenvalue weighted by Gasteiger charge is -2.10. The quantitative estimate of drug-likeness (QED) is 0.486. The van der Waals surface area contributed by atoms with Gasteiger partial charge in [0.15, 0.2) is 5.78 Å². The summed E-state index contributed by atoms with van der Waals surface area (Å²) in [6, 6.07) is 12.9. The Kier molecular flexibility index (Phi) is 4.85. The molecule has 114 valence electrons. The smallest absolute Gasteiger partial charge is 0.293 e. The van der Waals surface area contributed by atoms with E-state index in [-0.39, 0.29) is 29.3 Å². The zero-order chi connectivity index (χ0) is 16.1. The van der Waals surface area contributed by atoms with Gasteiger partial charge in [0.25, 0.3) is 5.69 Å². The number of carbonyl (C=O) groups is 1. The molecule has 22 heavy (non-hydrogen) atoms. The molecule has 0 fully saturated rings. The highest BCUT2D eigenvalue weighted by atomic mass is 16.6. The molecule has 6 heteroatoms. The summed E-state index contributed by atoms with van der Waals surface area (Å²) in [7, 11) is 0. The Hall–Kier alpha value is -2.73. The van der Waals surface area contributed by atoms with E-state index in [1.165, 1.54) is 18.2 Å². The Labute approximate surface area is 127 Å². The molecule has 0 radical (unpaired) electrons. The van der Waals surface area contributed by atoms with Gasteiger partial charge >= 0.3 is 0 Å². The number of carbonyl (C=O) groups excluding carboxylic acids is 1. The minimum absolute atomic E-state index is 0.187. The molecule has 1 atom stereocenters. The van der Waals surface area contributed by atoms with Gasteiger partial charge in [0.2, 0.25) is 0 Å². The van der Waals surface area contributed by atoms with Crippen molar-refractivity contribution < 1.29 is 14.8 Å². The Morgan fingerprint density at radius 3 is 2.50 bits per heavy atom. The van der Waals surface area contributed by atoms with Crippen molar-refractivity contribution in [3.05, 3.63) is 69.8 Å². The monoisotopic (exact) mass is 300 g/mol. The highest BCUT2D eigenvalue weighted by Gasteiger charge is 2.18. The molecule has 0 heterocycles. The Bertz CT molecular complexity index is 684. The fourth-order valence-electron chi connectivity index (χ4n) is 1.99. The fourth-order valence-corrected chi connectivity index (χ4v) is 1.99. The SMILES string of the molecule is CC(O)CNc1ccc(C(=O)c2ccccc2)cc1[N+](=O)[O-]. The van der Waals surface area contributed by atoms with Crippen LogP contribution in [0.2, 0.25) is 0 Å². The first-order valence-corrected chi connectivity index (χ1v) is 6.79. The molecule has 0 bridgehead atoms. The van der Waals surface area contributed by atoms with E-state index < -0.39 is 11.0 Å². The molecule has 0 aliphatic rings. The minimum Gasteiger partial charge on any atom is -0.392 e. The first-order valence-electron chi connectivity index (χ1n) is 6.79. The highest BCUT2D eigenvalue weighted by Crippen LogP contribution is 2.26. The van der Waals surface area contributed by atoms with Crippen LogP contribution in [0.1, 0.15) is 22.8 Å². The molecule has 0 saturated carbocycles. The van der Waals surface area contributed by atoms with Crippen molar-refractivity contribution in [1.82, 2.24) is 0 Å². The molecule has 0 aliphatic heterocycles. The first kappa shape index (κ1) is 15.7. The molecular formula is C16H16N2O4. The first-order chi connectivity index (χ1) is 10.5. The number of nitrogens with zero attached hydrogens (tertiary/aromatic N) is 1. The van der Waals surface area contributed by atoms with Crippen molar-refractivity contribution >= 4 is 17.2 Å². The number of nitro groups is 1. The summed E-state index contributed by atoms with van der Waals surface area (Å²) in [5, 5.41) is 23.2. The van der Waals surface area contributed by atoms with Crippen LogP contribution in [0.15, 0.2) is 48.5 Å². The topological polar surface area (TPSA) is 92.5 Å². The number of benzene rings is 2. The Morgan fingerprint density at radius 1 is 1.23 bits per heavy atom. The molecule has 6 nitrogen and oxygen atoms in total. The van der Waals surface area contributed by atoms with Gasteiger partial charge in [0.1, 0.15) is 5.69 Å². The van der Waals surface area contributed by atoms with Crippen LogP contribution in [-0.2, 0) is 0 Å². The summed E-state index contributed by atoms with van der Waals surface area (Å²) in [4.78, 5) is 22.9. The molecular weight excluding hydrogens is 284 g/mol. The second-order valence-electron chi connectivity index (χ2n) is 4.91. The largest absolute Gasteiger partial charge is 0.392 e. The second kappa shape index (κ2) is 6.82. The summed E-state index contributed by atoms with van der Waals surface area (Å²) in [5.41, 5.74) is 0.805. The van der Waals surface area contributed by atoms with Gasteiger partial charge < -0.3 is 10.4 Å². The number of anilines is 1. The Balaban J connectivity index is 2.33. The van der Waals surface area contributed by atoms with Gasteiger partial charge in [-0.3, -0.25) is 14.9 Å². The van der Waals surface area contributed by atoms with Crippen molar-refractivity contribution in [2.24, 2.45) is 0 Å². The summed E-state index contributed by atoms with van der Waals surface area (Å²) in [6.07, 6.45) is -0.634. The molecule has 2 aromatic rings. The average Bonchev–Trinajstić information content (AvgIpc) is 2.52. The summed E-state index contributed by atoms with van der Waals surface area (Å²) < 4.78 is 0. The van der Waals surface area contributed by atoms with Crippen molar-refractivity contribution in [1.29, 1.82) is 0 Å². The van der Waals surface area contributed by atoms with E-state index in [9.17, 15) is 20.0 Å². The third-order valence-corrected chi connectivity index (χ3v) is 3.08. The number of nitro benzene ring substituents is 1. The standard InChI is InChI=1S/C16H16N2O4/c1-11(19)10-17-14-8-7-13(9-15(14)18(21)22)16(20)12-5-3-2-4-6-12/h2-9,11,17,19H,10H2,1H3. The molecule has 0 spiro atoms. The lowest BCUT2D eigenvalue weighted by molar-refractivity contribution is -0.384. The number of nitrogens with one attached hydrogen (secondary N) is 1. The number of rotatable bonds is 6. The third-order valence-electron chi connectivity index (χ3n) is 3.08. The third kappa shape index (κ3) is 3.67. The highest BCUT2D eigenvalue weighted by molar-refractivity contribution is 6.09. The zero-order valence-corrected chi connectivity index (χ0v) is 12.0. The molecule has 0 amide bonds. The lowest BCUT2D eigenvalue weighted by atomic mass is 10.0. The fraction of sp³-hybridized carbons (Fsp3) is 0.188. The number of hydrogen-bond acceptors (Lipinski definition) is 5. The van der Waals surface area contributed by atoms with Gasteiger partial charge in [-0.2, -0.15) is 0 Å². The molecule has 1 unspecified atom stereocenters. The van der Waals surface area contributed by atoms with Gasteiger partial charge in [-0.1, -0.05) is 30.3 Å². The van der Waals surface area contributed by atoms with Gasteiger partial charge in [0, 0.05) is 23.7 Å². The molecule has 2 N–H and O–H groups in total. The lowest BCUT2D eigenvalue weighted by Crippen LogP contribution is -2.16. The maximum Gasteiger partial charge on any atom is 0.293 e. The van der Waals surface area contributed by atoms with Crippen molar-refractivity contribution in [2.45, 2.75) is 13.0 Å². The number of hydrogen-bond donors (Lipinski definition) is 2. The van der Waals surface area contributed by atoms with Gasteiger partial charge in [-0.15, -0.1) is 0 Å². The van der Waals surface area contributed by atoms with Crippen LogP contribution in [0, 0.1) is 10.1 Å². The van der Waals surface area contributed by atoms with Crippen LogP contribution >= 0.6 is 0 Å². The molecule has 2 rings (SSSR count). The summed E-state index contributed by atoms with van der Waals surface area (Å²) >= 11 is 0. The van der Waals surface area contributed by atoms with E-state index >= 15 is 0 Å². The van der Waals surface area contributed by atoms with Crippen LogP contribution in [0.5, 0.6) is 0 Å². The van der Waals surface area contributed by atoms with E-state index in [0.29, 0.717) is 5.56 Å². The van der Waals surface area contributed by atoms with E-state index in [1.54, 1.807) is 37.3 Å². The zero-order valence-electron chi connectivity index (χ0n) is 12.0. The molecule has 0 saturated heterocycles. The van der Waals surface area contributed by atoms with Crippen molar-refractivity contribution in [2.75, 3.05) is 11.9 Å². The maximum absolute atomic E-state index is 12.3. The summed E-state index contributed by atoms with van der Waals surface area (Å²) in [5.74, 6) is -0.272. The number of ketones is 1. The maximum atomic E-state index is 12.3. The van der Waals surface area contributed by atoms with Crippen LogP contribution in [0.25, 0.3) is 0 Å². The number of aliphatic hydroxyl groups excluding tert-OH is 1. The van der Waals surface area contributed by atoms with Crippen LogP contribution in [0.4, 0.5) is 11.4 Å². The predicted molar refractivity (Wildman–Crippen MR) is 83.1 cm³/mol. The van der Waals surface area contributed by atoms with Gasteiger partial charge in [-0.05, 0) is 19.1 Å². The molecule has 2 aromatic carbocycles. The Morgan fingerprint density at radius 2 is 1.91 bits per heavy atom. The van der Waals surface area contributed by atoms with Crippen molar-refractivity contribution in [3.63, 3.8) is 0 Å². The predicted octanol–water partition coefficient (Wildman–Crippen LogP) is 2.62. The van der Waals surface area contributed by atoms with E-state index in [0.717, 1.165) is 0 Å². The van der Waals surface area contributed by atoms with Gasteiger partial charge in [-0.25, -0.2) is 0 Å². The molecule has 0 aliphatic carbocycles. The normalized spacial score (nSPS) is 11.7. The number of aliphatic hydroxyl groups is 1. The second-order valence-corrected chi connectivity index (χ2v) is 4.91. The molecule has 0 aromatic heterocycles.